The van der Waals surface area contributed by atoms with Crippen molar-refractivity contribution in [2.45, 2.75) is 39.0 Å². The van der Waals surface area contributed by atoms with Crippen molar-refractivity contribution in [3.63, 3.8) is 0 Å². The quantitative estimate of drug-likeness (QED) is 0.660. The predicted octanol–water partition coefficient (Wildman–Crippen LogP) is 4.65. The Kier molecular flexibility index (Phi) is 3.41. The van der Waals surface area contributed by atoms with Crippen molar-refractivity contribution >= 4 is 17.4 Å². The van der Waals surface area contributed by atoms with Gasteiger partial charge in [-0.15, -0.1) is 11.3 Å². The Morgan fingerprint density at radius 2 is 2.00 bits per heavy atom. The molecule has 1 saturated carbocycles. The fourth-order valence-corrected chi connectivity index (χ4v) is 2.89. The first kappa shape index (κ1) is 9.97. The van der Waals surface area contributed by atoms with Gasteiger partial charge < -0.3 is 0 Å². The van der Waals surface area contributed by atoms with E-state index in [1.54, 1.807) is 0 Å². The van der Waals surface area contributed by atoms with Crippen LogP contribution < -0.4 is 0 Å². The van der Waals surface area contributed by atoms with E-state index in [1.807, 2.05) is 11.3 Å². The van der Waals surface area contributed by atoms with Crippen LogP contribution in [0.3, 0.4) is 0 Å². The molecule has 0 spiro atoms. The highest BCUT2D eigenvalue weighted by atomic mass is 32.1. The van der Waals surface area contributed by atoms with Gasteiger partial charge in [-0.2, -0.15) is 0 Å². The van der Waals surface area contributed by atoms with Crippen LogP contribution in [0.15, 0.2) is 18.2 Å². The molecule has 0 saturated heterocycles. The van der Waals surface area contributed by atoms with Crippen LogP contribution in [0.4, 0.5) is 0 Å². The fourth-order valence-electron chi connectivity index (χ4n) is 2.10. The number of aryl methyl sites for hydroxylation is 1. The first-order valence-electron chi connectivity index (χ1n) is 5.59. The lowest BCUT2D eigenvalue weighted by Gasteiger charge is -2.17. The van der Waals surface area contributed by atoms with Crippen molar-refractivity contribution in [3.05, 3.63) is 28.0 Å². The van der Waals surface area contributed by atoms with Gasteiger partial charge in [0.2, 0.25) is 0 Å². The van der Waals surface area contributed by atoms with Crippen LogP contribution in [0.5, 0.6) is 0 Å². The van der Waals surface area contributed by atoms with E-state index in [0.29, 0.717) is 0 Å². The second kappa shape index (κ2) is 4.79. The Hall–Kier alpha value is -0.560. The summed E-state index contributed by atoms with van der Waals surface area (Å²) >= 11 is 1.89. The number of rotatable bonds is 2. The van der Waals surface area contributed by atoms with Crippen LogP contribution >= 0.6 is 11.3 Å². The van der Waals surface area contributed by atoms with Crippen LogP contribution in [0, 0.1) is 12.8 Å². The van der Waals surface area contributed by atoms with Gasteiger partial charge in [0.05, 0.1) is 0 Å². The van der Waals surface area contributed by atoms with Crippen LogP contribution in [0.2, 0.25) is 0 Å². The van der Waals surface area contributed by atoms with Gasteiger partial charge in [-0.05, 0) is 43.9 Å². The molecule has 1 heteroatoms. The Labute approximate surface area is 90.7 Å². The van der Waals surface area contributed by atoms with E-state index < -0.39 is 0 Å². The normalized spacial score (nSPS) is 19.2. The fraction of sp³-hybridized carbons (Fsp3) is 0.538. The first-order chi connectivity index (χ1) is 6.84. The molecular weight excluding hydrogens is 188 g/mol. The molecule has 0 N–H and O–H groups in total. The maximum atomic E-state index is 2.42. The van der Waals surface area contributed by atoms with Gasteiger partial charge >= 0.3 is 0 Å². The number of hydrogen-bond acceptors (Lipinski definition) is 1. The lowest BCUT2D eigenvalue weighted by Crippen LogP contribution is -2.02. The Bertz CT molecular complexity index is 303. The molecule has 1 aromatic rings. The molecule has 2 rings (SSSR count). The molecule has 0 amide bonds. The maximum absolute atomic E-state index is 2.42. The van der Waals surface area contributed by atoms with Gasteiger partial charge in [-0.1, -0.05) is 25.3 Å². The Morgan fingerprint density at radius 1 is 1.21 bits per heavy atom. The van der Waals surface area contributed by atoms with Crippen molar-refractivity contribution in [1.29, 1.82) is 0 Å². The van der Waals surface area contributed by atoms with Gasteiger partial charge in [0, 0.05) is 9.75 Å². The van der Waals surface area contributed by atoms with E-state index in [0.717, 1.165) is 5.92 Å². The second-order valence-electron chi connectivity index (χ2n) is 4.21. The van der Waals surface area contributed by atoms with Crippen LogP contribution in [-0.2, 0) is 0 Å². The summed E-state index contributed by atoms with van der Waals surface area (Å²) in [6.07, 6.45) is 11.8. The SMILES string of the molecule is Cc1ccc(/C=C/C2CCCCC2)s1. The summed E-state index contributed by atoms with van der Waals surface area (Å²) in [7, 11) is 0. The van der Waals surface area contributed by atoms with Gasteiger partial charge in [0.1, 0.15) is 0 Å². The lowest BCUT2D eigenvalue weighted by atomic mass is 9.89. The van der Waals surface area contributed by atoms with Crippen molar-refractivity contribution in [2.75, 3.05) is 0 Å². The van der Waals surface area contributed by atoms with Gasteiger partial charge in [0.15, 0.2) is 0 Å². The van der Waals surface area contributed by atoms with Gasteiger partial charge in [0.25, 0.3) is 0 Å². The molecule has 1 heterocycles. The Morgan fingerprint density at radius 3 is 2.64 bits per heavy atom. The van der Waals surface area contributed by atoms with E-state index >= 15 is 0 Å². The first-order valence-corrected chi connectivity index (χ1v) is 6.41. The summed E-state index contributed by atoms with van der Waals surface area (Å²) in [6, 6.07) is 4.42. The topological polar surface area (TPSA) is 0 Å². The molecule has 0 radical (unpaired) electrons. The molecule has 76 valence electrons. The Balaban J connectivity index is 1.92. The molecule has 0 bridgehead atoms. The molecule has 1 aromatic heterocycles. The second-order valence-corrected chi connectivity index (χ2v) is 5.53. The number of thiophene rings is 1. The molecule has 1 fully saturated rings. The lowest BCUT2D eigenvalue weighted by molar-refractivity contribution is 0.420. The molecule has 0 atom stereocenters. The zero-order chi connectivity index (χ0) is 9.80. The maximum Gasteiger partial charge on any atom is 0.0270 e. The standard InChI is InChI=1S/C13H18S/c1-11-7-9-13(14-11)10-8-12-5-3-2-4-6-12/h7-10,12H,2-6H2,1H3/b10-8+. The highest BCUT2D eigenvalue weighted by Crippen LogP contribution is 2.26. The van der Waals surface area contributed by atoms with Gasteiger partial charge in [-0.3, -0.25) is 0 Å². The van der Waals surface area contributed by atoms with E-state index in [9.17, 15) is 0 Å². The zero-order valence-electron chi connectivity index (χ0n) is 8.83. The largest absolute Gasteiger partial charge is 0.141 e. The molecule has 0 aromatic carbocycles. The van der Waals surface area contributed by atoms with Crippen molar-refractivity contribution in [1.82, 2.24) is 0 Å². The molecule has 0 unspecified atom stereocenters. The van der Waals surface area contributed by atoms with Crippen molar-refractivity contribution in [3.8, 4) is 0 Å². The van der Waals surface area contributed by atoms with E-state index in [1.165, 1.54) is 41.9 Å². The van der Waals surface area contributed by atoms with Crippen molar-refractivity contribution < 1.29 is 0 Å². The monoisotopic (exact) mass is 206 g/mol. The summed E-state index contributed by atoms with van der Waals surface area (Å²) < 4.78 is 0. The average Bonchev–Trinajstić information content (AvgIpc) is 2.63. The highest BCUT2D eigenvalue weighted by molar-refractivity contribution is 7.12. The summed E-state index contributed by atoms with van der Waals surface area (Å²) in [4.78, 5) is 2.82. The zero-order valence-corrected chi connectivity index (χ0v) is 9.65. The molecule has 0 nitrogen and oxygen atoms in total. The third-order valence-corrected chi connectivity index (χ3v) is 3.91. The third-order valence-electron chi connectivity index (χ3n) is 2.94. The van der Waals surface area contributed by atoms with Crippen LogP contribution in [0.1, 0.15) is 41.9 Å². The molecular formula is C13H18S. The van der Waals surface area contributed by atoms with Crippen molar-refractivity contribution in [2.24, 2.45) is 5.92 Å². The van der Waals surface area contributed by atoms with E-state index in [-0.39, 0.29) is 0 Å². The molecule has 1 aliphatic carbocycles. The minimum absolute atomic E-state index is 0.853. The van der Waals surface area contributed by atoms with Gasteiger partial charge in [-0.25, -0.2) is 0 Å². The summed E-state index contributed by atoms with van der Waals surface area (Å²) in [5, 5.41) is 0. The highest BCUT2D eigenvalue weighted by Gasteiger charge is 2.09. The minimum Gasteiger partial charge on any atom is -0.141 e. The predicted molar refractivity (Wildman–Crippen MR) is 64.7 cm³/mol. The molecule has 0 aliphatic heterocycles. The molecule has 14 heavy (non-hydrogen) atoms. The van der Waals surface area contributed by atoms with Crippen LogP contribution in [-0.4, -0.2) is 0 Å². The smallest absolute Gasteiger partial charge is 0.0270 e. The third kappa shape index (κ3) is 2.71. The number of hydrogen-bond donors (Lipinski definition) is 0. The molecule has 1 aliphatic rings. The summed E-state index contributed by atoms with van der Waals surface area (Å²) in [5.41, 5.74) is 0. The van der Waals surface area contributed by atoms with E-state index in [2.05, 4.69) is 31.2 Å². The average molecular weight is 206 g/mol. The summed E-state index contributed by atoms with van der Waals surface area (Å²) in [5.74, 6) is 0.853. The van der Waals surface area contributed by atoms with Crippen LogP contribution in [0.25, 0.3) is 6.08 Å². The summed E-state index contributed by atoms with van der Waals surface area (Å²) in [6.45, 7) is 2.17. The minimum atomic E-state index is 0.853. The number of allylic oxidation sites excluding steroid dienone is 1. The van der Waals surface area contributed by atoms with E-state index in [4.69, 9.17) is 0 Å².